The Morgan fingerprint density at radius 1 is 0.341 bits per heavy atom. The summed E-state index contributed by atoms with van der Waals surface area (Å²) < 4.78 is 5.11. The molecule has 0 aliphatic rings. The summed E-state index contributed by atoms with van der Waals surface area (Å²) in [6, 6.07) is 49.1. The number of nitrogens with zero attached hydrogens (tertiary/aromatic N) is 3. The lowest BCUT2D eigenvalue weighted by Gasteiger charge is -2.10. The second kappa shape index (κ2) is 10.2. The summed E-state index contributed by atoms with van der Waals surface area (Å²) in [7, 11) is 0. The van der Waals surface area contributed by atoms with Crippen molar-refractivity contribution in [3.8, 4) is 45.3 Å². The van der Waals surface area contributed by atoms with Crippen LogP contribution in [0.2, 0.25) is 0 Å². The van der Waals surface area contributed by atoms with Gasteiger partial charge in [-0.15, -0.1) is 22.7 Å². The van der Waals surface area contributed by atoms with Crippen molar-refractivity contribution in [1.82, 2.24) is 15.0 Å². The SMILES string of the molecule is c1ccc(-c2nc(-c3ccccc3)nc(-c3cccc4sc5ccc(-c6ccc7sc8ccccc8c7c6)cc5c34)n2)cc1. The molecular formula is C39H23N3S2. The van der Waals surface area contributed by atoms with E-state index in [2.05, 4.69) is 78.9 Å². The van der Waals surface area contributed by atoms with E-state index in [0.29, 0.717) is 17.5 Å². The monoisotopic (exact) mass is 597 g/mol. The maximum atomic E-state index is 5.06. The minimum atomic E-state index is 0.669. The molecule has 0 amide bonds. The van der Waals surface area contributed by atoms with Crippen LogP contribution >= 0.6 is 22.7 Å². The third-order valence-electron chi connectivity index (χ3n) is 8.15. The van der Waals surface area contributed by atoms with Gasteiger partial charge in [0, 0.05) is 57.0 Å². The fourth-order valence-electron chi connectivity index (χ4n) is 6.03. The summed E-state index contributed by atoms with van der Waals surface area (Å²) in [4.78, 5) is 15.0. The molecule has 9 aromatic rings. The highest BCUT2D eigenvalue weighted by molar-refractivity contribution is 7.26. The third-order valence-corrected chi connectivity index (χ3v) is 10.4. The van der Waals surface area contributed by atoms with Gasteiger partial charge in [0.05, 0.1) is 0 Å². The minimum Gasteiger partial charge on any atom is -0.208 e. The fourth-order valence-corrected chi connectivity index (χ4v) is 8.23. The van der Waals surface area contributed by atoms with Crippen molar-refractivity contribution < 1.29 is 0 Å². The number of thiophene rings is 2. The van der Waals surface area contributed by atoms with Crippen LogP contribution < -0.4 is 0 Å². The smallest absolute Gasteiger partial charge is 0.164 e. The lowest BCUT2D eigenvalue weighted by Crippen LogP contribution is -2.00. The van der Waals surface area contributed by atoms with Gasteiger partial charge in [0.1, 0.15) is 0 Å². The van der Waals surface area contributed by atoms with Crippen molar-refractivity contribution >= 4 is 63.0 Å². The van der Waals surface area contributed by atoms with E-state index in [0.717, 1.165) is 16.7 Å². The Morgan fingerprint density at radius 3 is 1.57 bits per heavy atom. The van der Waals surface area contributed by atoms with E-state index >= 15 is 0 Å². The Morgan fingerprint density at radius 2 is 0.864 bits per heavy atom. The van der Waals surface area contributed by atoms with Crippen LogP contribution in [0, 0.1) is 0 Å². The van der Waals surface area contributed by atoms with E-state index in [1.165, 1.54) is 51.5 Å². The minimum absolute atomic E-state index is 0.669. The lowest BCUT2D eigenvalue weighted by molar-refractivity contribution is 1.08. The number of hydrogen-bond donors (Lipinski definition) is 0. The van der Waals surface area contributed by atoms with Gasteiger partial charge in [-0.3, -0.25) is 0 Å². The van der Waals surface area contributed by atoms with Crippen LogP contribution in [-0.2, 0) is 0 Å². The molecule has 0 unspecified atom stereocenters. The maximum Gasteiger partial charge on any atom is 0.164 e. The van der Waals surface area contributed by atoms with Crippen molar-refractivity contribution in [2.24, 2.45) is 0 Å². The first kappa shape index (κ1) is 25.3. The molecule has 0 N–H and O–H groups in total. The molecule has 6 aromatic carbocycles. The van der Waals surface area contributed by atoms with Crippen LogP contribution in [0.4, 0.5) is 0 Å². The van der Waals surface area contributed by atoms with Crippen molar-refractivity contribution in [3.63, 3.8) is 0 Å². The number of rotatable bonds is 4. The first-order valence-corrected chi connectivity index (χ1v) is 16.2. The number of benzene rings is 6. The van der Waals surface area contributed by atoms with Gasteiger partial charge in [-0.2, -0.15) is 0 Å². The Hall–Kier alpha value is -5.23. The number of aromatic nitrogens is 3. The second-order valence-corrected chi connectivity index (χ2v) is 13.0. The molecule has 0 atom stereocenters. The van der Waals surface area contributed by atoms with Crippen molar-refractivity contribution in [2.75, 3.05) is 0 Å². The molecule has 3 nitrogen and oxygen atoms in total. The van der Waals surface area contributed by atoms with E-state index in [-0.39, 0.29) is 0 Å². The van der Waals surface area contributed by atoms with E-state index in [1.54, 1.807) is 0 Å². The van der Waals surface area contributed by atoms with Gasteiger partial charge in [-0.25, -0.2) is 15.0 Å². The highest BCUT2D eigenvalue weighted by Crippen LogP contribution is 2.42. The summed E-state index contributed by atoms with van der Waals surface area (Å²) in [6.45, 7) is 0. The van der Waals surface area contributed by atoms with Crippen LogP contribution in [0.15, 0.2) is 140 Å². The van der Waals surface area contributed by atoms with Crippen molar-refractivity contribution in [1.29, 1.82) is 0 Å². The van der Waals surface area contributed by atoms with Gasteiger partial charge < -0.3 is 0 Å². The van der Waals surface area contributed by atoms with Crippen LogP contribution in [0.25, 0.3) is 85.6 Å². The normalized spacial score (nSPS) is 11.6. The molecule has 0 saturated carbocycles. The molecule has 0 saturated heterocycles. The highest BCUT2D eigenvalue weighted by Gasteiger charge is 2.17. The maximum absolute atomic E-state index is 5.06. The predicted octanol–water partition coefficient (Wildman–Crippen LogP) is 11.3. The Balaban J connectivity index is 1.25. The average Bonchev–Trinajstić information content (AvgIpc) is 3.66. The molecule has 0 radical (unpaired) electrons. The molecule has 44 heavy (non-hydrogen) atoms. The Kier molecular flexibility index (Phi) is 5.86. The molecule has 0 aliphatic carbocycles. The Labute approximate surface area is 261 Å². The van der Waals surface area contributed by atoms with E-state index < -0.39 is 0 Å². The van der Waals surface area contributed by atoms with Crippen molar-refractivity contribution in [3.05, 3.63) is 140 Å². The zero-order valence-electron chi connectivity index (χ0n) is 23.4. The summed E-state index contributed by atoms with van der Waals surface area (Å²) in [5, 5.41) is 5.03. The van der Waals surface area contributed by atoms with Crippen LogP contribution in [0.3, 0.4) is 0 Å². The largest absolute Gasteiger partial charge is 0.208 e. The molecule has 0 spiro atoms. The second-order valence-electron chi connectivity index (χ2n) is 10.8. The fraction of sp³-hybridized carbons (Fsp3) is 0. The molecule has 3 heterocycles. The van der Waals surface area contributed by atoms with Gasteiger partial charge in [0.15, 0.2) is 17.5 Å². The highest BCUT2D eigenvalue weighted by atomic mass is 32.1. The standard InChI is InChI=1S/C39H23N3S2/c1-3-10-24(11-4-1)37-40-38(25-12-5-2-6-13-25)42-39(41-37)29-15-9-17-35-36(29)31-23-27(19-21-34(31)44-35)26-18-20-33-30(22-26)28-14-7-8-16-32(28)43-33/h1-23H. The summed E-state index contributed by atoms with van der Waals surface area (Å²) in [5.74, 6) is 2.02. The first-order chi connectivity index (χ1) is 21.8. The topological polar surface area (TPSA) is 38.7 Å². The molecule has 0 bridgehead atoms. The third kappa shape index (κ3) is 4.21. The molecule has 206 valence electrons. The zero-order valence-corrected chi connectivity index (χ0v) is 25.1. The summed E-state index contributed by atoms with van der Waals surface area (Å²) in [6.07, 6.45) is 0. The van der Waals surface area contributed by atoms with E-state index in [1.807, 2.05) is 83.3 Å². The summed E-state index contributed by atoms with van der Waals surface area (Å²) >= 11 is 3.66. The quantitative estimate of drug-likeness (QED) is 0.203. The molecule has 9 rings (SSSR count). The molecule has 0 fully saturated rings. The van der Waals surface area contributed by atoms with Crippen LogP contribution in [0.5, 0.6) is 0 Å². The first-order valence-electron chi connectivity index (χ1n) is 14.5. The van der Waals surface area contributed by atoms with Crippen LogP contribution in [-0.4, -0.2) is 15.0 Å². The van der Waals surface area contributed by atoms with Gasteiger partial charge in [0.25, 0.3) is 0 Å². The van der Waals surface area contributed by atoms with Crippen molar-refractivity contribution in [2.45, 2.75) is 0 Å². The molecule has 3 aromatic heterocycles. The van der Waals surface area contributed by atoms with Gasteiger partial charge in [0.2, 0.25) is 0 Å². The zero-order chi connectivity index (χ0) is 29.0. The van der Waals surface area contributed by atoms with E-state index in [4.69, 9.17) is 15.0 Å². The number of fused-ring (bicyclic) bond motifs is 6. The van der Waals surface area contributed by atoms with Crippen LogP contribution in [0.1, 0.15) is 0 Å². The molecule has 5 heteroatoms. The van der Waals surface area contributed by atoms with Gasteiger partial charge >= 0.3 is 0 Å². The molecule has 0 aliphatic heterocycles. The molecular weight excluding hydrogens is 575 g/mol. The van der Waals surface area contributed by atoms with Gasteiger partial charge in [-0.05, 0) is 47.5 Å². The summed E-state index contributed by atoms with van der Waals surface area (Å²) in [5.41, 5.74) is 5.37. The predicted molar refractivity (Wildman–Crippen MR) is 187 cm³/mol. The van der Waals surface area contributed by atoms with Gasteiger partial charge in [-0.1, -0.05) is 103 Å². The Bertz CT molecular complexity index is 2440. The van der Waals surface area contributed by atoms with E-state index in [9.17, 15) is 0 Å². The average molecular weight is 598 g/mol. The lowest BCUT2D eigenvalue weighted by atomic mass is 9.99. The number of hydrogen-bond acceptors (Lipinski definition) is 5.